The fourth-order valence-electron chi connectivity index (χ4n) is 2.22. The minimum atomic E-state index is -0.878. The van der Waals surface area contributed by atoms with Crippen molar-refractivity contribution < 1.29 is 9.53 Å². The van der Waals surface area contributed by atoms with Gasteiger partial charge in [-0.3, -0.25) is 4.79 Å². The van der Waals surface area contributed by atoms with Gasteiger partial charge in [-0.2, -0.15) is 5.26 Å². The molecule has 3 nitrogen and oxygen atoms in total. The van der Waals surface area contributed by atoms with Gasteiger partial charge in [-0.25, -0.2) is 0 Å². The monoisotopic (exact) mass is 245 g/mol. The number of nitrogens with zero attached hydrogens (tertiary/aromatic N) is 1. The summed E-state index contributed by atoms with van der Waals surface area (Å²) in [5.41, 5.74) is 1.09. The van der Waals surface area contributed by atoms with E-state index < -0.39 is 5.41 Å². The van der Waals surface area contributed by atoms with E-state index in [1.807, 2.05) is 45.0 Å². The molecule has 1 aromatic carbocycles. The lowest BCUT2D eigenvalue weighted by atomic mass is 9.69. The Morgan fingerprint density at radius 3 is 2.33 bits per heavy atom. The predicted octanol–water partition coefficient (Wildman–Crippen LogP) is 2.98. The number of methoxy groups -OCH3 is 1. The average Bonchev–Trinajstić information content (AvgIpc) is 2.36. The Hall–Kier alpha value is -1.82. The van der Waals surface area contributed by atoms with Gasteiger partial charge in [0.2, 0.25) is 0 Å². The molecule has 1 atom stereocenters. The van der Waals surface area contributed by atoms with Crippen molar-refractivity contribution in [2.75, 3.05) is 7.11 Å². The van der Waals surface area contributed by atoms with Crippen LogP contribution in [-0.2, 0) is 14.9 Å². The van der Waals surface area contributed by atoms with Gasteiger partial charge in [0, 0.05) is 0 Å². The molecule has 0 spiro atoms. The first-order valence-electron chi connectivity index (χ1n) is 6.01. The molecule has 0 aliphatic heterocycles. The molecule has 96 valence electrons. The molecule has 0 saturated heterocycles. The van der Waals surface area contributed by atoms with Gasteiger partial charge in [0.05, 0.1) is 19.6 Å². The van der Waals surface area contributed by atoms with Crippen LogP contribution in [0, 0.1) is 24.2 Å². The summed E-state index contributed by atoms with van der Waals surface area (Å²) in [5.74, 6) is -0.352. The summed E-state index contributed by atoms with van der Waals surface area (Å²) in [6, 6.07) is 9.83. The molecule has 0 bridgehead atoms. The topological polar surface area (TPSA) is 50.1 Å². The Bertz CT molecular complexity index is 456. The third-order valence-corrected chi connectivity index (χ3v) is 3.46. The van der Waals surface area contributed by atoms with Crippen LogP contribution in [0.25, 0.3) is 0 Å². The first-order chi connectivity index (χ1) is 8.48. The number of carbonyl (C=O) groups excluding carboxylic acids is 1. The smallest absolute Gasteiger partial charge is 0.317 e. The number of hydrogen-bond donors (Lipinski definition) is 0. The molecule has 0 radical (unpaired) electrons. The highest BCUT2D eigenvalue weighted by atomic mass is 16.5. The number of rotatable bonds is 4. The minimum absolute atomic E-state index is 0.00712. The number of ether oxygens (including phenoxy) is 1. The number of nitriles is 1. The predicted molar refractivity (Wildman–Crippen MR) is 69.9 cm³/mol. The van der Waals surface area contributed by atoms with Gasteiger partial charge in [-0.15, -0.1) is 0 Å². The lowest BCUT2D eigenvalue weighted by Gasteiger charge is -2.33. The van der Waals surface area contributed by atoms with Gasteiger partial charge in [-0.05, 0) is 18.4 Å². The van der Waals surface area contributed by atoms with Crippen LogP contribution in [0.15, 0.2) is 24.3 Å². The Labute approximate surface area is 108 Å². The maximum Gasteiger partial charge on any atom is 0.317 e. The molecule has 1 rings (SSSR count). The molecule has 1 unspecified atom stereocenters. The number of benzene rings is 1. The van der Waals surface area contributed by atoms with Crippen molar-refractivity contribution in [2.24, 2.45) is 5.92 Å². The van der Waals surface area contributed by atoms with Crippen LogP contribution in [0.1, 0.15) is 31.4 Å². The van der Waals surface area contributed by atoms with Gasteiger partial charge < -0.3 is 4.74 Å². The molecule has 18 heavy (non-hydrogen) atoms. The Balaban J connectivity index is 3.39. The SMILES string of the molecule is COC(=O)C(CC#N)(c1ccc(C)cc1)C(C)C. The van der Waals surface area contributed by atoms with Gasteiger partial charge in [0.1, 0.15) is 5.41 Å². The molecule has 3 heteroatoms. The third kappa shape index (κ3) is 2.38. The molecule has 0 aliphatic rings. The molecule has 0 saturated carbocycles. The van der Waals surface area contributed by atoms with Crippen molar-refractivity contribution in [1.29, 1.82) is 5.26 Å². The van der Waals surface area contributed by atoms with Crippen molar-refractivity contribution >= 4 is 5.97 Å². The second-order valence-corrected chi connectivity index (χ2v) is 4.82. The van der Waals surface area contributed by atoms with Crippen molar-refractivity contribution in [2.45, 2.75) is 32.6 Å². The Kier molecular flexibility index (Phi) is 4.49. The summed E-state index contributed by atoms with van der Waals surface area (Å²) in [4.78, 5) is 12.2. The fraction of sp³-hybridized carbons (Fsp3) is 0.467. The zero-order valence-corrected chi connectivity index (χ0v) is 11.4. The second-order valence-electron chi connectivity index (χ2n) is 4.82. The summed E-state index contributed by atoms with van der Waals surface area (Å²) in [6.07, 6.45) is 0.125. The van der Waals surface area contributed by atoms with E-state index in [0.717, 1.165) is 11.1 Å². The Morgan fingerprint density at radius 2 is 1.94 bits per heavy atom. The molecule has 0 aromatic heterocycles. The quantitative estimate of drug-likeness (QED) is 0.766. The zero-order valence-electron chi connectivity index (χ0n) is 11.4. The minimum Gasteiger partial charge on any atom is -0.468 e. The molecule has 0 fully saturated rings. The third-order valence-electron chi connectivity index (χ3n) is 3.46. The first-order valence-corrected chi connectivity index (χ1v) is 6.01. The van der Waals surface area contributed by atoms with Gasteiger partial charge >= 0.3 is 5.97 Å². The van der Waals surface area contributed by atoms with Gasteiger partial charge in [0.15, 0.2) is 0 Å². The summed E-state index contributed by atoms with van der Waals surface area (Å²) in [7, 11) is 1.37. The first kappa shape index (κ1) is 14.2. The van der Waals surface area contributed by atoms with E-state index in [-0.39, 0.29) is 18.3 Å². The molecule has 0 amide bonds. The number of hydrogen-bond acceptors (Lipinski definition) is 3. The molecule has 0 N–H and O–H groups in total. The van der Waals surface area contributed by atoms with Crippen LogP contribution < -0.4 is 0 Å². The summed E-state index contributed by atoms with van der Waals surface area (Å²) in [5, 5.41) is 9.05. The fourth-order valence-corrected chi connectivity index (χ4v) is 2.22. The highest BCUT2D eigenvalue weighted by Crippen LogP contribution is 2.37. The van der Waals surface area contributed by atoms with Crippen LogP contribution in [0.2, 0.25) is 0 Å². The number of aryl methyl sites for hydroxylation is 1. The van der Waals surface area contributed by atoms with Crippen LogP contribution in [0.3, 0.4) is 0 Å². The van der Waals surface area contributed by atoms with Gasteiger partial charge in [0.25, 0.3) is 0 Å². The highest BCUT2D eigenvalue weighted by molar-refractivity contribution is 5.84. The molecular weight excluding hydrogens is 226 g/mol. The second kappa shape index (κ2) is 5.68. The molecule has 0 heterocycles. The van der Waals surface area contributed by atoms with Crippen LogP contribution >= 0.6 is 0 Å². The van der Waals surface area contributed by atoms with E-state index in [2.05, 4.69) is 6.07 Å². The van der Waals surface area contributed by atoms with E-state index >= 15 is 0 Å². The molecule has 1 aromatic rings. The molecule has 0 aliphatic carbocycles. The number of esters is 1. The van der Waals surface area contributed by atoms with E-state index in [1.165, 1.54) is 7.11 Å². The normalized spacial score (nSPS) is 13.8. The van der Waals surface area contributed by atoms with Crippen LogP contribution in [0.4, 0.5) is 0 Å². The maximum atomic E-state index is 12.2. The zero-order chi connectivity index (χ0) is 13.8. The van der Waals surface area contributed by atoms with Crippen molar-refractivity contribution in [3.05, 3.63) is 35.4 Å². The van der Waals surface area contributed by atoms with Crippen LogP contribution in [0.5, 0.6) is 0 Å². The highest BCUT2D eigenvalue weighted by Gasteiger charge is 2.44. The molecular formula is C15H19NO2. The van der Waals surface area contributed by atoms with E-state index in [9.17, 15) is 4.79 Å². The number of carbonyl (C=O) groups is 1. The largest absolute Gasteiger partial charge is 0.468 e. The van der Waals surface area contributed by atoms with Crippen LogP contribution in [-0.4, -0.2) is 13.1 Å². The average molecular weight is 245 g/mol. The van der Waals surface area contributed by atoms with E-state index in [0.29, 0.717) is 0 Å². The van der Waals surface area contributed by atoms with Crippen molar-refractivity contribution in [1.82, 2.24) is 0 Å². The summed E-state index contributed by atoms with van der Waals surface area (Å²) in [6.45, 7) is 5.87. The van der Waals surface area contributed by atoms with E-state index in [4.69, 9.17) is 10.00 Å². The maximum absolute atomic E-state index is 12.2. The Morgan fingerprint density at radius 1 is 1.39 bits per heavy atom. The van der Waals surface area contributed by atoms with Gasteiger partial charge in [-0.1, -0.05) is 43.7 Å². The summed E-state index contributed by atoms with van der Waals surface area (Å²) >= 11 is 0. The lowest BCUT2D eigenvalue weighted by Crippen LogP contribution is -2.41. The van der Waals surface area contributed by atoms with Crippen molar-refractivity contribution in [3.8, 4) is 6.07 Å². The lowest BCUT2D eigenvalue weighted by molar-refractivity contribution is -0.149. The van der Waals surface area contributed by atoms with E-state index in [1.54, 1.807) is 0 Å². The van der Waals surface area contributed by atoms with Crippen molar-refractivity contribution in [3.63, 3.8) is 0 Å². The summed E-state index contributed by atoms with van der Waals surface area (Å²) < 4.78 is 4.92. The standard InChI is InChI=1S/C15H19NO2/c1-11(2)15(9-10-16,14(17)18-4)13-7-5-12(3)6-8-13/h5-8,11H,9H2,1-4H3.